The van der Waals surface area contributed by atoms with Gasteiger partial charge in [0.15, 0.2) is 0 Å². The molecular formula is C10H13O2-. The minimum Gasteiger partial charge on any atom is -0.550 e. The van der Waals surface area contributed by atoms with Crippen LogP contribution in [0.4, 0.5) is 0 Å². The fourth-order valence-electron chi connectivity index (χ4n) is 0.714. The normalized spacial score (nSPS) is 8.17. The topological polar surface area (TPSA) is 40.1 Å². The van der Waals surface area contributed by atoms with Crippen molar-refractivity contribution in [3.63, 3.8) is 0 Å². The lowest BCUT2D eigenvalue weighted by molar-refractivity contribution is -0.302. The number of aliphatic carboxylic acids is 1. The fraction of sp³-hybridized carbons (Fsp3) is 0.300. The molecule has 0 aromatic heterocycles. The highest BCUT2D eigenvalue weighted by molar-refractivity contribution is 5.60. The van der Waals surface area contributed by atoms with Crippen LogP contribution in [-0.2, 0) is 11.2 Å². The maximum absolute atomic E-state index is 8.89. The molecule has 2 heteroatoms. The maximum Gasteiger partial charge on any atom is 0.0383 e. The molecule has 0 atom stereocenters. The Morgan fingerprint density at radius 3 is 2.00 bits per heavy atom. The van der Waals surface area contributed by atoms with Gasteiger partial charge in [-0.15, -0.1) is 0 Å². The van der Waals surface area contributed by atoms with E-state index in [1.165, 1.54) is 5.56 Å². The molecule has 0 radical (unpaired) electrons. The molecule has 0 unspecified atom stereocenters. The lowest BCUT2D eigenvalue weighted by Crippen LogP contribution is -2.16. The number of carbonyl (C=O) groups excluding carboxylic acids is 1. The van der Waals surface area contributed by atoms with Crippen molar-refractivity contribution in [2.24, 2.45) is 0 Å². The average molecular weight is 165 g/mol. The van der Waals surface area contributed by atoms with Crippen molar-refractivity contribution >= 4 is 5.97 Å². The van der Waals surface area contributed by atoms with Crippen LogP contribution in [0.3, 0.4) is 0 Å². The summed E-state index contributed by atoms with van der Waals surface area (Å²) in [5.74, 6) is -1.08. The van der Waals surface area contributed by atoms with Gasteiger partial charge < -0.3 is 9.90 Å². The van der Waals surface area contributed by atoms with Gasteiger partial charge in [-0.25, -0.2) is 0 Å². The van der Waals surface area contributed by atoms with Gasteiger partial charge in [0, 0.05) is 5.97 Å². The summed E-state index contributed by atoms with van der Waals surface area (Å²) in [5, 5.41) is 8.89. The summed E-state index contributed by atoms with van der Waals surface area (Å²) in [6.45, 7) is 3.13. The van der Waals surface area contributed by atoms with Crippen LogP contribution >= 0.6 is 0 Å². The highest BCUT2D eigenvalue weighted by Gasteiger charge is 1.79. The van der Waals surface area contributed by atoms with E-state index in [1.54, 1.807) is 0 Å². The number of benzene rings is 1. The highest BCUT2D eigenvalue weighted by Crippen LogP contribution is 1.96. The molecule has 0 bridgehead atoms. The van der Waals surface area contributed by atoms with Crippen molar-refractivity contribution < 1.29 is 9.90 Å². The molecule has 1 aromatic rings. The van der Waals surface area contributed by atoms with E-state index in [9.17, 15) is 0 Å². The number of aryl methyl sites for hydroxylation is 1. The Labute approximate surface area is 72.9 Å². The summed E-state index contributed by atoms with van der Waals surface area (Å²) in [6.07, 6.45) is 1.14. The molecule has 0 N–H and O–H groups in total. The number of carboxylic acid groups (broad SMARTS) is 1. The average Bonchev–Trinajstić information content (AvgIpc) is 2.05. The van der Waals surface area contributed by atoms with E-state index in [2.05, 4.69) is 31.2 Å². The van der Waals surface area contributed by atoms with Crippen molar-refractivity contribution in [2.75, 3.05) is 0 Å². The van der Waals surface area contributed by atoms with Crippen LogP contribution in [0.25, 0.3) is 0 Å². The summed E-state index contributed by atoms with van der Waals surface area (Å²) in [6, 6.07) is 10.5. The van der Waals surface area contributed by atoms with E-state index in [0.717, 1.165) is 13.3 Å². The Hall–Kier alpha value is -1.31. The molecule has 0 saturated carbocycles. The van der Waals surface area contributed by atoms with Crippen LogP contribution in [0.15, 0.2) is 30.3 Å². The molecule has 0 aliphatic heterocycles. The fourth-order valence-corrected chi connectivity index (χ4v) is 0.714. The van der Waals surface area contributed by atoms with Crippen LogP contribution in [0.5, 0.6) is 0 Å². The first-order valence-electron chi connectivity index (χ1n) is 3.88. The quantitative estimate of drug-likeness (QED) is 0.623. The largest absolute Gasteiger partial charge is 0.550 e. The van der Waals surface area contributed by atoms with Gasteiger partial charge in [0.1, 0.15) is 0 Å². The number of hydrogen-bond donors (Lipinski definition) is 0. The van der Waals surface area contributed by atoms with Gasteiger partial charge in [0.25, 0.3) is 0 Å². The molecule has 0 saturated heterocycles. The summed E-state index contributed by atoms with van der Waals surface area (Å²) in [4.78, 5) is 8.89. The zero-order valence-corrected chi connectivity index (χ0v) is 7.41. The van der Waals surface area contributed by atoms with Gasteiger partial charge in [0.2, 0.25) is 0 Å². The van der Waals surface area contributed by atoms with Gasteiger partial charge in [-0.05, 0) is 18.9 Å². The zero-order chi connectivity index (χ0) is 9.40. The lowest BCUT2D eigenvalue weighted by atomic mass is 10.2. The summed E-state index contributed by atoms with van der Waals surface area (Å²) < 4.78 is 0. The summed E-state index contributed by atoms with van der Waals surface area (Å²) in [5.41, 5.74) is 1.41. The van der Waals surface area contributed by atoms with Crippen LogP contribution in [0, 0.1) is 0 Å². The van der Waals surface area contributed by atoms with Gasteiger partial charge in [-0.2, -0.15) is 0 Å². The Kier molecular flexibility index (Phi) is 5.70. The number of rotatable bonds is 1. The first-order chi connectivity index (χ1) is 5.66. The third-order valence-electron chi connectivity index (χ3n) is 1.25. The summed E-state index contributed by atoms with van der Waals surface area (Å²) >= 11 is 0. The number of hydrogen-bond acceptors (Lipinski definition) is 2. The predicted octanol–water partition coefficient (Wildman–Crippen LogP) is 1.01. The van der Waals surface area contributed by atoms with E-state index in [4.69, 9.17) is 9.90 Å². The second-order valence-electron chi connectivity index (χ2n) is 2.33. The minimum atomic E-state index is -1.08. The zero-order valence-electron chi connectivity index (χ0n) is 7.41. The second kappa shape index (κ2) is 6.40. The third kappa shape index (κ3) is 6.81. The van der Waals surface area contributed by atoms with Gasteiger partial charge in [0.05, 0.1) is 0 Å². The van der Waals surface area contributed by atoms with Crippen molar-refractivity contribution in [1.82, 2.24) is 0 Å². The van der Waals surface area contributed by atoms with E-state index in [0.29, 0.717) is 0 Å². The smallest absolute Gasteiger partial charge is 0.0383 e. The van der Waals surface area contributed by atoms with Crippen LogP contribution in [0.1, 0.15) is 19.4 Å². The first-order valence-corrected chi connectivity index (χ1v) is 3.88. The SMILES string of the molecule is CC(=O)[O-].CCc1ccccc1. The first kappa shape index (κ1) is 10.7. The molecule has 0 amide bonds. The molecule has 66 valence electrons. The predicted molar refractivity (Wildman–Crippen MR) is 46.5 cm³/mol. The van der Waals surface area contributed by atoms with Crippen LogP contribution in [-0.4, -0.2) is 5.97 Å². The molecule has 0 aliphatic carbocycles. The van der Waals surface area contributed by atoms with Crippen LogP contribution in [0.2, 0.25) is 0 Å². The van der Waals surface area contributed by atoms with E-state index >= 15 is 0 Å². The standard InChI is InChI=1S/C8H10.C2H4O2/c1-2-8-6-4-3-5-7-8;1-2(3)4/h3-7H,2H2,1H3;1H3,(H,3,4)/p-1. The van der Waals surface area contributed by atoms with Crippen LogP contribution < -0.4 is 5.11 Å². The van der Waals surface area contributed by atoms with Crippen molar-refractivity contribution in [3.05, 3.63) is 35.9 Å². The molecule has 0 heterocycles. The number of carbonyl (C=O) groups is 1. The maximum atomic E-state index is 8.89. The Morgan fingerprint density at radius 2 is 1.75 bits per heavy atom. The Balaban J connectivity index is 0.000000261. The van der Waals surface area contributed by atoms with E-state index in [-0.39, 0.29) is 0 Å². The Morgan fingerprint density at radius 1 is 1.33 bits per heavy atom. The molecule has 1 aromatic carbocycles. The Bertz CT molecular complexity index is 213. The molecular weight excluding hydrogens is 152 g/mol. The van der Waals surface area contributed by atoms with E-state index < -0.39 is 5.97 Å². The second-order valence-corrected chi connectivity index (χ2v) is 2.33. The molecule has 0 spiro atoms. The molecule has 0 fully saturated rings. The van der Waals surface area contributed by atoms with Gasteiger partial charge in [-0.1, -0.05) is 37.3 Å². The monoisotopic (exact) mass is 165 g/mol. The van der Waals surface area contributed by atoms with Crippen molar-refractivity contribution in [3.8, 4) is 0 Å². The molecule has 2 nitrogen and oxygen atoms in total. The van der Waals surface area contributed by atoms with Gasteiger partial charge >= 0.3 is 0 Å². The van der Waals surface area contributed by atoms with Crippen molar-refractivity contribution in [2.45, 2.75) is 20.3 Å². The van der Waals surface area contributed by atoms with E-state index in [1.807, 2.05) is 6.07 Å². The van der Waals surface area contributed by atoms with Crippen molar-refractivity contribution in [1.29, 1.82) is 0 Å². The van der Waals surface area contributed by atoms with Gasteiger partial charge in [-0.3, -0.25) is 0 Å². The summed E-state index contributed by atoms with van der Waals surface area (Å²) in [7, 11) is 0. The lowest BCUT2D eigenvalue weighted by Gasteiger charge is -1.89. The number of carboxylic acids is 1. The molecule has 12 heavy (non-hydrogen) atoms. The minimum absolute atomic E-state index is 0.972. The third-order valence-corrected chi connectivity index (χ3v) is 1.25. The highest BCUT2D eigenvalue weighted by atomic mass is 16.4. The molecule has 0 aliphatic rings. The molecule has 1 rings (SSSR count).